The monoisotopic (exact) mass is 190 g/mol. The van der Waals surface area contributed by atoms with Crippen LogP contribution in [-0.2, 0) is 0 Å². The summed E-state index contributed by atoms with van der Waals surface area (Å²) in [6.45, 7) is 6.61. The van der Waals surface area contributed by atoms with Gasteiger partial charge < -0.3 is 0 Å². The molecule has 0 N–H and O–H groups in total. The molecule has 0 bridgehead atoms. The molecule has 0 aromatic rings. The molecule has 0 heterocycles. The van der Waals surface area contributed by atoms with Crippen molar-refractivity contribution in [2.75, 3.05) is 0 Å². The molecule has 0 aromatic carbocycles. The van der Waals surface area contributed by atoms with Crippen molar-refractivity contribution in [2.45, 2.75) is 26.4 Å². The SMILES string of the molecule is C=C(C/C=C\C(C)=C/C)C(F)(F)F. The average molecular weight is 190 g/mol. The largest absolute Gasteiger partial charge is 0.412 e. The predicted octanol–water partition coefficient (Wildman–Crippen LogP) is 4.02. The Labute approximate surface area is 76.5 Å². The molecule has 13 heavy (non-hydrogen) atoms. The fraction of sp³-hybridized carbons (Fsp3) is 0.400. The molecule has 0 rings (SSSR count). The summed E-state index contributed by atoms with van der Waals surface area (Å²) in [7, 11) is 0. The molecule has 0 radical (unpaired) electrons. The van der Waals surface area contributed by atoms with Crippen LogP contribution in [0, 0.1) is 0 Å². The minimum Gasteiger partial charge on any atom is -0.166 e. The summed E-state index contributed by atoms with van der Waals surface area (Å²) in [5, 5.41) is 0. The zero-order chi connectivity index (χ0) is 10.5. The number of halogens is 3. The quantitative estimate of drug-likeness (QED) is 0.465. The van der Waals surface area contributed by atoms with Gasteiger partial charge in [0.2, 0.25) is 0 Å². The maximum absolute atomic E-state index is 11.9. The lowest BCUT2D eigenvalue weighted by atomic mass is 10.1. The second-order valence-electron chi connectivity index (χ2n) is 2.74. The van der Waals surface area contributed by atoms with Crippen LogP contribution in [0.2, 0.25) is 0 Å². The van der Waals surface area contributed by atoms with Crippen molar-refractivity contribution in [1.29, 1.82) is 0 Å². The van der Waals surface area contributed by atoms with Crippen LogP contribution in [0.5, 0.6) is 0 Å². The first-order valence-electron chi connectivity index (χ1n) is 3.92. The Morgan fingerprint density at radius 2 is 1.92 bits per heavy atom. The lowest BCUT2D eigenvalue weighted by Crippen LogP contribution is -2.09. The summed E-state index contributed by atoms with van der Waals surface area (Å²) in [5.74, 6) is 0. The van der Waals surface area contributed by atoms with E-state index in [-0.39, 0.29) is 6.42 Å². The van der Waals surface area contributed by atoms with Gasteiger partial charge >= 0.3 is 6.18 Å². The number of hydrogen-bond acceptors (Lipinski definition) is 0. The maximum Gasteiger partial charge on any atom is 0.412 e. The van der Waals surface area contributed by atoms with E-state index < -0.39 is 11.7 Å². The predicted molar refractivity (Wildman–Crippen MR) is 48.4 cm³/mol. The van der Waals surface area contributed by atoms with Gasteiger partial charge in [-0.2, -0.15) is 13.2 Å². The molecule has 0 saturated carbocycles. The standard InChI is InChI=1S/C10H13F3/c1-4-8(2)6-5-7-9(3)10(11,12)13/h4-6H,3,7H2,1-2H3/b6-5-,8-4-. The van der Waals surface area contributed by atoms with Gasteiger partial charge in [-0.25, -0.2) is 0 Å². The van der Waals surface area contributed by atoms with Gasteiger partial charge in [0, 0.05) is 5.57 Å². The molecule has 0 fully saturated rings. The Kier molecular flexibility index (Phi) is 4.52. The molecular formula is C10H13F3. The normalized spacial score (nSPS) is 13.8. The summed E-state index contributed by atoms with van der Waals surface area (Å²) in [5.41, 5.74) is 0.225. The molecule has 0 aromatic heterocycles. The Balaban J connectivity index is 4.05. The molecule has 0 amide bonds. The van der Waals surface area contributed by atoms with Crippen LogP contribution in [0.25, 0.3) is 0 Å². The van der Waals surface area contributed by atoms with Crippen LogP contribution >= 0.6 is 0 Å². The van der Waals surface area contributed by atoms with Crippen molar-refractivity contribution in [2.24, 2.45) is 0 Å². The van der Waals surface area contributed by atoms with Gasteiger partial charge in [0.05, 0.1) is 0 Å². The Morgan fingerprint density at radius 1 is 1.38 bits per heavy atom. The molecule has 0 aliphatic carbocycles. The minimum absolute atomic E-state index is 0.144. The van der Waals surface area contributed by atoms with Crippen molar-refractivity contribution < 1.29 is 13.2 Å². The van der Waals surface area contributed by atoms with Gasteiger partial charge in [-0.05, 0) is 20.3 Å². The van der Waals surface area contributed by atoms with Gasteiger partial charge in [-0.15, -0.1) is 0 Å². The van der Waals surface area contributed by atoms with Crippen molar-refractivity contribution in [1.82, 2.24) is 0 Å². The summed E-state index contributed by atoms with van der Waals surface area (Å²) < 4.78 is 35.7. The lowest BCUT2D eigenvalue weighted by molar-refractivity contribution is -0.0924. The summed E-state index contributed by atoms with van der Waals surface area (Å²) in [6.07, 6.45) is 0.526. The van der Waals surface area contributed by atoms with Gasteiger partial charge in [0.25, 0.3) is 0 Å². The number of hydrogen-bond donors (Lipinski definition) is 0. The van der Waals surface area contributed by atoms with Crippen molar-refractivity contribution in [3.05, 3.63) is 36.0 Å². The second-order valence-corrected chi connectivity index (χ2v) is 2.74. The molecule has 0 saturated heterocycles. The van der Waals surface area contributed by atoms with Crippen LogP contribution < -0.4 is 0 Å². The molecular weight excluding hydrogens is 177 g/mol. The van der Waals surface area contributed by atoms with E-state index in [0.29, 0.717) is 0 Å². The van der Waals surface area contributed by atoms with E-state index >= 15 is 0 Å². The summed E-state index contributed by atoms with van der Waals surface area (Å²) in [4.78, 5) is 0. The van der Waals surface area contributed by atoms with E-state index in [1.54, 1.807) is 6.08 Å². The van der Waals surface area contributed by atoms with Crippen LogP contribution in [0.3, 0.4) is 0 Å². The highest BCUT2D eigenvalue weighted by Crippen LogP contribution is 2.26. The average Bonchev–Trinajstić information content (AvgIpc) is 2.02. The fourth-order valence-electron chi connectivity index (χ4n) is 0.599. The Bertz CT molecular complexity index is 231. The van der Waals surface area contributed by atoms with Gasteiger partial charge in [0.1, 0.15) is 0 Å². The van der Waals surface area contributed by atoms with E-state index in [1.807, 2.05) is 19.9 Å². The van der Waals surface area contributed by atoms with Crippen molar-refractivity contribution in [3.63, 3.8) is 0 Å². The van der Waals surface area contributed by atoms with Gasteiger partial charge in [-0.1, -0.05) is 30.4 Å². The summed E-state index contributed by atoms with van der Waals surface area (Å²) in [6, 6.07) is 0. The number of allylic oxidation sites excluding steroid dienone is 5. The zero-order valence-corrected chi connectivity index (χ0v) is 7.78. The van der Waals surface area contributed by atoms with Gasteiger partial charge in [-0.3, -0.25) is 0 Å². The van der Waals surface area contributed by atoms with Crippen LogP contribution in [-0.4, -0.2) is 6.18 Å². The number of rotatable bonds is 3. The highest BCUT2D eigenvalue weighted by molar-refractivity contribution is 5.18. The second kappa shape index (κ2) is 4.90. The van der Waals surface area contributed by atoms with Crippen LogP contribution in [0.1, 0.15) is 20.3 Å². The Hall–Kier alpha value is -0.990. The highest BCUT2D eigenvalue weighted by Gasteiger charge is 2.30. The van der Waals surface area contributed by atoms with E-state index in [9.17, 15) is 13.2 Å². The van der Waals surface area contributed by atoms with E-state index in [4.69, 9.17) is 0 Å². The van der Waals surface area contributed by atoms with Crippen molar-refractivity contribution in [3.8, 4) is 0 Å². The van der Waals surface area contributed by atoms with E-state index in [0.717, 1.165) is 5.57 Å². The third-order valence-electron chi connectivity index (χ3n) is 1.60. The molecule has 0 spiro atoms. The molecule has 0 aliphatic heterocycles. The first-order valence-corrected chi connectivity index (χ1v) is 3.92. The number of alkyl halides is 3. The molecule has 74 valence electrons. The first-order chi connectivity index (χ1) is 5.88. The molecule has 0 nitrogen and oxygen atoms in total. The topological polar surface area (TPSA) is 0 Å². The first kappa shape index (κ1) is 12.0. The molecule has 3 heteroatoms. The Morgan fingerprint density at radius 3 is 2.31 bits per heavy atom. The molecule has 0 unspecified atom stereocenters. The third-order valence-corrected chi connectivity index (χ3v) is 1.60. The fourth-order valence-corrected chi connectivity index (χ4v) is 0.599. The van der Waals surface area contributed by atoms with E-state index in [1.165, 1.54) is 6.08 Å². The minimum atomic E-state index is -4.27. The van der Waals surface area contributed by atoms with Crippen molar-refractivity contribution >= 4 is 0 Å². The van der Waals surface area contributed by atoms with Crippen LogP contribution in [0.15, 0.2) is 36.0 Å². The lowest BCUT2D eigenvalue weighted by Gasteiger charge is -2.06. The summed E-state index contributed by atoms with van der Waals surface area (Å²) >= 11 is 0. The zero-order valence-electron chi connectivity index (χ0n) is 7.78. The third kappa shape index (κ3) is 5.28. The maximum atomic E-state index is 11.9. The van der Waals surface area contributed by atoms with E-state index in [2.05, 4.69) is 6.58 Å². The highest BCUT2D eigenvalue weighted by atomic mass is 19.4. The molecule has 0 atom stereocenters. The molecule has 0 aliphatic rings. The smallest absolute Gasteiger partial charge is 0.166 e. The van der Waals surface area contributed by atoms with Crippen LogP contribution in [0.4, 0.5) is 13.2 Å². The van der Waals surface area contributed by atoms with Gasteiger partial charge in [0.15, 0.2) is 0 Å².